The molecule has 0 radical (unpaired) electrons. The Morgan fingerprint density at radius 1 is 0.254 bits per heavy atom. The fourth-order valence-electron chi connectivity index (χ4n) is 8.79. The van der Waals surface area contributed by atoms with Gasteiger partial charge < -0.3 is 0 Å². The lowest BCUT2D eigenvalue weighted by molar-refractivity contribution is 0.660. The first-order chi connectivity index (χ1) is 30.9. The van der Waals surface area contributed by atoms with E-state index in [1.165, 1.54) is 27.8 Å². The van der Waals surface area contributed by atoms with Crippen LogP contribution in [0.2, 0.25) is 0 Å². The van der Waals surface area contributed by atoms with Crippen LogP contribution in [0.5, 0.6) is 0 Å². The van der Waals surface area contributed by atoms with E-state index >= 15 is 0 Å². The molecule has 0 N–H and O–H groups in total. The van der Waals surface area contributed by atoms with Crippen LogP contribution in [0.1, 0.15) is 25.0 Å². The van der Waals surface area contributed by atoms with Crippen molar-refractivity contribution in [3.63, 3.8) is 0 Å². The maximum Gasteiger partial charge on any atom is 0.164 e. The van der Waals surface area contributed by atoms with Crippen molar-refractivity contribution in [3.05, 3.63) is 223 Å². The maximum atomic E-state index is 5.17. The van der Waals surface area contributed by atoms with Gasteiger partial charge in [-0.25, -0.2) is 24.9 Å². The normalized spacial score (nSPS) is 12.4. The summed E-state index contributed by atoms with van der Waals surface area (Å²) in [5.41, 5.74) is 17.2. The monoisotopic (exact) mass is 807 g/mol. The van der Waals surface area contributed by atoms with Crippen LogP contribution in [0, 0.1) is 0 Å². The predicted octanol–water partition coefficient (Wildman–Crippen LogP) is 14.3. The molecule has 0 bridgehead atoms. The number of hydrogen-bond acceptors (Lipinski definition) is 5. The molecule has 2 aromatic heterocycles. The van der Waals surface area contributed by atoms with Gasteiger partial charge in [0, 0.05) is 38.8 Å². The zero-order chi connectivity index (χ0) is 42.3. The fraction of sp³-hybridized carbons (Fsp3) is 0.0517. The van der Waals surface area contributed by atoms with Gasteiger partial charge in [-0.05, 0) is 62.7 Å². The van der Waals surface area contributed by atoms with Gasteiger partial charge in [-0.3, -0.25) is 0 Å². The van der Waals surface area contributed by atoms with Crippen LogP contribution in [0.3, 0.4) is 0 Å². The zero-order valence-electron chi connectivity index (χ0n) is 34.9. The molecular weight excluding hydrogens is 767 g/mol. The Morgan fingerprint density at radius 2 is 0.651 bits per heavy atom. The highest BCUT2D eigenvalue weighted by atomic mass is 15.0. The number of nitrogens with zero attached hydrogens (tertiary/aromatic N) is 5. The third kappa shape index (κ3) is 7.19. The van der Waals surface area contributed by atoms with Gasteiger partial charge in [0.25, 0.3) is 0 Å². The van der Waals surface area contributed by atoms with E-state index < -0.39 is 0 Å². The molecule has 1 aliphatic rings. The minimum atomic E-state index is -0.113. The van der Waals surface area contributed by atoms with Crippen molar-refractivity contribution < 1.29 is 0 Å². The van der Waals surface area contributed by atoms with Crippen LogP contribution in [0.4, 0.5) is 0 Å². The summed E-state index contributed by atoms with van der Waals surface area (Å²) < 4.78 is 0. The van der Waals surface area contributed by atoms with E-state index in [1.54, 1.807) is 0 Å². The van der Waals surface area contributed by atoms with Crippen LogP contribution >= 0.6 is 0 Å². The van der Waals surface area contributed by atoms with Gasteiger partial charge >= 0.3 is 0 Å². The summed E-state index contributed by atoms with van der Waals surface area (Å²) in [5.74, 6) is 2.57. The van der Waals surface area contributed by atoms with Crippen molar-refractivity contribution in [1.82, 2.24) is 24.9 Å². The second-order valence-corrected chi connectivity index (χ2v) is 16.5. The summed E-state index contributed by atoms with van der Waals surface area (Å²) in [6.07, 6.45) is 0. The van der Waals surface area contributed by atoms with Crippen molar-refractivity contribution in [1.29, 1.82) is 0 Å². The van der Waals surface area contributed by atoms with Crippen molar-refractivity contribution >= 4 is 0 Å². The summed E-state index contributed by atoms with van der Waals surface area (Å²) in [6.45, 7) is 4.63. The molecule has 11 rings (SSSR count). The van der Waals surface area contributed by atoms with E-state index in [4.69, 9.17) is 24.9 Å². The molecule has 10 aromatic rings. The van der Waals surface area contributed by atoms with E-state index in [0.717, 1.165) is 61.5 Å². The molecule has 1 aliphatic carbocycles. The standard InChI is InChI=1S/C58H41N5/c1-58(2)50-24-13-12-23-48(50)49-34-33-46(36-51(49)58)53-37-52(59-54(60-53)42-17-8-4-9-18-42)41-29-25-40(26-30-41)45-21-14-22-47(35-45)57-62-55(43-19-10-5-11-20-43)61-56(63-57)44-31-27-39(28-32-44)38-15-6-3-7-16-38/h3-37H,1-2H3. The average molecular weight is 808 g/mol. The van der Waals surface area contributed by atoms with Gasteiger partial charge in [0.2, 0.25) is 0 Å². The smallest absolute Gasteiger partial charge is 0.164 e. The van der Waals surface area contributed by atoms with Crippen molar-refractivity contribution in [2.24, 2.45) is 0 Å². The number of rotatable bonds is 8. The SMILES string of the molecule is CC1(C)c2ccccc2-c2ccc(-c3cc(-c4ccc(-c5cccc(-c6nc(-c7ccccc7)nc(-c7ccc(-c8ccccc8)cc7)n6)c5)cc4)nc(-c4ccccc4)n3)cc21. The van der Waals surface area contributed by atoms with Crippen LogP contribution in [-0.4, -0.2) is 24.9 Å². The van der Waals surface area contributed by atoms with Crippen molar-refractivity contribution in [2.45, 2.75) is 19.3 Å². The third-order valence-corrected chi connectivity index (χ3v) is 12.2. The number of aromatic nitrogens is 5. The highest BCUT2D eigenvalue weighted by Gasteiger charge is 2.35. The minimum absolute atomic E-state index is 0.113. The Kier molecular flexibility index (Phi) is 9.43. The molecule has 2 heterocycles. The average Bonchev–Trinajstić information content (AvgIpc) is 3.59. The van der Waals surface area contributed by atoms with Crippen molar-refractivity contribution in [2.75, 3.05) is 0 Å². The first-order valence-electron chi connectivity index (χ1n) is 21.3. The summed E-state index contributed by atoms with van der Waals surface area (Å²) in [4.78, 5) is 25.4. The molecular formula is C58H41N5. The van der Waals surface area contributed by atoms with Crippen LogP contribution in [0.25, 0.3) is 101 Å². The Hall–Kier alpha value is -8.15. The lowest BCUT2D eigenvalue weighted by atomic mass is 9.82. The molecule has 0 unspecified atom stereocenters. The van der Waals surface area contributed by atoms with Gasteiger partial charge in [0.05, 0.1) is 11.4 Å². The second kappa shape index (κ2) is 15.7. The highest BCUT2D eigenvalue weighted by Crippen LogP contribution is 2.49. The molecule has 5 heteroatoms. The number of hydrogen-bond donors (Lipinski definition) is 0. The summed E-state index contributed by atoms with van der Waals surface area (Å²) in [7, 11) is 0. The van der Waals surface area contributed by atoms with E-state index in [0.29, 0.717) is 23.3 Å². The number of benzene rings is 8. The Bertz CT molecular complexity index is 3270. The lowest BCUT2D eigenvalue weighted by Crippen LogP contribution is -2.14. The molecule has 298 valence electrons. The van der Waals surface area contributed by atoms with Gasteiger partial charge in [0.15, 0.2) is 23.3 Å². The highest BCUT2D eigenvalue weighted by molar-refractivity contribution is 5.84. The number of fused-ring (bicyclic) bond motifs is 3. The topological polar surface area (TPSA) is 64.5 Å². The predicted molar refractivity (Wildman–Crippen MR) is 256 cm³/mol. The van der Waals surface area contributed by atoms with Crippen LogP contribution < -0.4 is 0 Å². The maximum absolute atomic E-state index is 5.17. The molecule has 63 heavy (non-hydrogen) atoms. The molecule has 0 fully saturated rings. The Morgan fingerprint density at radius 3 is 1.29 bits per heavy atom. The van der Waals surface area contributed by atoms with Crippen molar-refractivity contribution in [3.8, 4) is 101 Å². The summed E-state index contributed by atoms with van der Waals surface area (Å²) in [5, 5.41) is 0. The largest absolute Gasteiger partial charge is 0.228 e. The molecule has 8 aromatic carbocycles. The molecule has 0 spiro atoms. The van der Waals surface area contributed by atoms with Gasteiger partial charge in [-0.15, -0.1) is 0 Å². The fourth-order valence-corrected chi connectivity index (χ4v) is 8.79. The lowest BCUT2D eigenvalue weighted by Gasteiger charge is -2.22. The van der Waals surface area contributed by atoms with Gasteiger partial charge in [0.1, 0.15) is 0 Å². The van der Waals surface area contributed by atoms with E-state index in [-0.39, 0.29) is 5.41 Å². The molecule has 0 saturated heterocycles. The first-order valence-corrected chi connectivity index (χ1v) is 21.3. The van der Waals surface area contributed by atoms with Crippen LogP contribution in [0.15, 0.2) is 212 Å². The molecule has 5 nitrogen and oxygen atoms in total. The molecule has 0 aliphatic heterocycles. The second-order valence-electron chi connectivity index (χ2n) is 16.5. The Labute approximate surface area is 367 Å². The van der Waals surface area contributed by atoms with Gasteiger partial charge in [-0.1, -0.05) is 208 Å². The van der Waals surface area contributed by atoms with Crippen LogP contribution in [-0.2, 0) is 5.41 Å². The van der Waals surface area contributed by atoms with E-state index in [9.17, 15) is 0 Å². The third-order valence-electron chi connectivity index (χ3n) is 12.2. The van der Waals surface area contributed by atoms with E-state index in [2.05, 4.69) is 172 Å². The summed E-state index contributed by atoms with van der Waals surface area (Å²) >= 11 is 0. The molecule has 0 atom stereocenters. The Balaban J connectivity index is 0.939. The van der Waals surface area contributed by atoms with E-state index in [1.807, 2.05) is 54.6 Å². The molecule has 0 saturated carbocycles. The quantitative estimate of drug-likeness (QED) is 0.153. The summed E-state index contributed by atoms with van der Waals surface area (Å²) in [6, 6.07) is 73.8. The minimum Gasteiger partial charge on any atom is -0.228 e. The molecule has 0 amide bonds. The van der Waals surface area contributed by atoms with Gasteiger partial charge in [-0.2, -0.15) is 0 Å². The first kappa shape index (κ1) is 37.8. The zero-order valence-corrected chi connectivity index (χ0v) is 34.9.